The summed E-state index contributed by atoms with van der Waals surface area (Å²) >= 11 is 1.39. The van der Waals surface area contributed by atoms with Crippen molar-refractivity contribution in [2.45, 2.75) is 19.6 Å². The van der Waals surface area contributed by atoms with Crippen molar-refractivity contribution in [3.8, 4) is 91.5 Å². The topological polar surface area (TPSA) is 340 Å². The summed E-state index contributed by atoms with van der Waals surface area (Å²) in [4.78, 5) is 40.2. The summed E-state index contributed by atoms with van der Waals surface area (Å²) in [6.45, 7) is 0. The van der Waals surface area contributed by atoms with Crippen LogP contribution >= 0.6 is 24.1 Å². The molecule has 33 heteroatoms. The standard InChI is InChI=1S/C56H32N8O16S4.4Na.Zn/c65-77-79-81-37-9-1-5-29(21-37)73-33-13-17-41-45(25-33)54-58-49(41)57-53-46-26-34(74-30-6-2-10-38(22-30)82-80-78-66)14-18-42(46)50(59-53)61-55-48-28-36(76-32-8-4-12-40(24-32)84(70,71)72)16-20-44(48)52(63-55)64-56-47-27-35(15-19-43(47)51(60-54)62-56)75-31-7-3-11-39(23-31)83(67,68)69;;;;;/h1-28H,(H4-2,57,58,59,60,61,62,63,64,65,66,67,68,69,70,71,72);;;;;/q-2;4*+1;+2/p-4. The maximum absolute atomic E-state index is 12.0. The van der Waals surface area contributed by atoms with E-state index in [1.807, 2.05) is 0 Å². The zero-order chi connectivity index (χ0) is 57.7. The van der Waals surface area contributed by atoms with Crippen LogP contribution in [0.5, 0.6) is 46.0 Å². The number of nitrogens with zero attached hydrogens (tertiary/aromatic N) is 8. The first-order valence-corrected chi connectivity index (χ1v) is 28.6. The molecule has 3 aromatic heterocycles. The van der Waals surface area contributed by atoms with Gasteiger partial charge in [-0.3, -0.25) is 10.1 Å². The van der Waals surface area contributed by atoms with Crippen molar-refractivity contribution in [3.63, 3.8) is 0 Å². The van der Waals surface area contributed by atoms with Crippen LogP contribution in [0.2, 0.25) is 0 Å². The Bertz CT molecular complexity index is 4930. The van der Waals surface area contributed by atoms with Gasteiger partial charge in [-0.1, -0.05) is 24.3 Å². The predicted octanol–water partition coefficient (Wildman–Crippen LogP) is -2.42. The molecule has 89 heavy (non-hydrogen) atoms. The van der Waals surface area contributed by atoms with Gasteiger partial charge in [0.2, 0.25) is 0 Å². The maximum Gasteiger partial charge on any atom is 2.00 e. The van der Waals surface area contributed by atoms with Crippen LogP contribution in [0.25, 0.3) is 89.7 Å². The molecular formula is C56H28N8Na4O16S4Zn. The van der Waals surface area contributed by atoms with Gasteiger partial charge in [-0.05, 0) is 167 Å². The minimum atomic E-state index is -4.83. The van der Waals surface area contributed by atoms with Gasteiger partial charge in [-0.25, -0.2) is 26.8 Å². The molecule has 8 aromatic carbocycles. The quantitative estimate of drug-likeness (QED) is 0.0319. The Morgan fingerprint density at radius 2 is 0.663 bits per heavy atom. The Kier molecular flexibility index (Phi) is 23.5. The SMILES string of the molecule is O=S(=O)([O-])c1cccc(Oc2ccc3c(c2)-c2nc-3nc3[n-]c(nc4nc(nc5[n-]c(n2)c2ccc(Oc6cccc(SOO[O-])c6)cc52)-c2ccc(Oc5cccc(SOO[O-])c5)cc2-4)c2ccc(Oc4cccc(S(=O)(=O)[O-])c4)cc32)c1.[Na+].[Na+].[Na+].[Na+].[Zn+2]. The van der Waals surface area contributed by atoms with Crippen molar-refractivity contribution in [2.24, 2.45) is 0 Å². The average molecular weight is 1350 g/mol. The summed E-state index contributed by atoms with van der Waals surface area (Å²) in [6.07, 6.45) is 0. The van der Waals surface area contributed by atoms with E-state index in [2.05, 4.69) is 18.7 Å². The molecule has 5 heterocycles. The van der Waals surface area contributed by atoms with Crippen LogP contribution in [-0.4, -0.2) is 55.8 Å². The van der Waals surface area contributed by atoms with E-state index in [0.29, 0.717) is 101 Å². The summed E-state index contributed by atoms with van der Waals surface area (Å²) in [7, 11) is -9.65. The Morgan fingerprint density at radius 1 is 0.348 bits per heavy atom. The molecule has 0 unspecified atom stereocenters. The van der Waals surface area contributed by atoms with Crippen LogP contribution in [0.15, 0.2) is 189 Å². The van der Waals surface area contributed by atoms with Gasteiger partial charge in [-0.15, -0.1) is 0 Å². The molecule has 0 amide bonds. The number of ether oxygens (including phenoxy) is 4. The molecule has 418 valence electrons. The van der Waals surface area contributed by atoms with Gasteiger partial charge >= 0.3 is 138 Å². The van der Waals surface area contributed by atoms with E-state index in [0.717, 1.165) is 24.3 Å². The van der Waals surface area contributed by atoms with Gasteiger partial charge in [0, 0.05) is 54.6 Å². The minimum absolute atomic E-state index is 0. The van der Waals surface area contributed by atoms with E-state index in [1.165, 1.54) is 24.3 Å². The third-order valence-corrected chi connectivity index (χ3v) is 15.4. The van der Waals surface area contributed by atoms with E-state index < -0.39 is 30.0 Å². The van der Waals surface area contributed by atoms with Gasteiger partial charge < -0.3 is 68.5 Å². The van der Waals surface area contributed by atoms with Crippen molar-refractivity contribution in [3.05, 3.63) is 170 Å². The molecule has 0 saturated carbocycles. The first kappa shape index (κ1) is 70.1. The second kappa shape index (κ2) is 29.9. The molecule has 24 nitrogen and oxygen atoms in total. The van der Waals surface area contributed by atoms with Gasteiger partial charge in [0.25, 0.3) is 0 Å². The molecule has 0 saturated heterocycles. The molecule has 0 fully saturated rings. The molecule has 8 bridgehead atoms. The van der Waals surface area contributed by atoms with Gasteiger partial charge in [0.05, 0.1) is 57.2 Å². The van der Waals surface area contributed by atoms with Crippen molar-refractivity contribution in [1.29, 1.82) is 0 Å². The van der Waals surface area contributed by atoms with Gasteiger partial charge in [0.15, 0.2) is 0 Å². The van der Waals surface area contributed by atoms with E-state index >= 15 is 0 Å². The summed E-state index contributed by atoms with van der Waals surface area (Å²) in [6, 6.07) is 43.8. The van der Waals surface area contributed by atoms with Crippen LogP contribution < -0.4 is 158 Å². The summed E-state index contributed by atoms with van der Waals surface area (Å²) in [5, 5.41) is 30.0. The van der Waals surface area contributed by atoms with E-state index in [-0.39, 0.29) is 207 Å². The molecule has 2 aliphatic rings. The number of aromatic nitrogens is 8. The molecule has 0 spiro atoms. The minimum Gasteiger partial charge on any atom is -0.744 e. The summed E-state index contributed by atoms with van der Waals surface area (Å²) in [5.41, 5.74) is 2.34. The third-order valence-electron chi connectivity index (χ3n) is 12.6. The van der Waals surface area contributed by atoms with Crippen LogP contribution in [0.1, 0.15) is 0 Å². The first-order valence-electron chi connectivity index (χ1n) is 24.3. The Hall–Kier alpha value is -4.78. The first-order chi connectivity index (χ1) is 40.7. The van der Waals surface area contributed by atoms with E-state index in [4.69, 9.17) is 58.8 Å². The Balaban J connectivity index is 0.00000205. The zero-order valence-electron chi connectivity index (χ0n) is 46.6. The van der Waals surface area contributed by atoms with E-state index in [1.54, 1.807) is 121 Å². The zero-order valence-corrected chi connectivity index (χ0v) is 60.8. The van der Waals surface area contributed by atoms with Crippen LogP contribution in [0, 0.1) is 0 Å². The molecule has 0 N–H and O–H groups in total. The fraction of sp³-hybridized carbons (Fsp3) is 0. The molecule has 0 atom stereocenters. The molecule has 0 radical (unpaired) electrons. The number of hydrogen-bond acceptors (Lipinski definition) is 24. The monoisotopic (exact) mass is 1350 g/mol. The molecular weight excluding hydrogens is 1330 g/mol. The molecule has 11 aromatic rings. The second-order valence-corrected chi connectivity index (χ2v) is 22.3. The Morgan fingerprint density at radius 3 is 1.03 bits per heavy atom. The predicted molar refractivity (Wildman–Crippen MR) is 292 cm³/mol. The molecule has 2 aliphatic heterocycles. The van der Waals surface area contributed by atoms with Gasteiger partial charge in [0.1, 0.15) is 66.2 Å². The van der Waals surface area contributed by atoms with E-state index in [9.17, 15) is 36.5 Å². The molecule has 13 rings (SSSR count). The van der Waals surface area contributed by atoms with Crippen molar-refractivity contribution in [2.75, 3.05) is 0 Å². The fourth-order valence-corrected chi connectivity index (χ4v) is 10.9. The average Bonchev–Trinajstić information content (AvgIpc) is 1.69. The fourth-order valence-electron chi connectivity index (χ4n) is 9.05. The molecule has 0 aliphatic carbocycles. The number of rotatable bonds is 16. The number of hydrogen-bond donors (Lipinski definition) is 0. The van der Waals surface area contributed by atoms with Crippen LogP contribution in [0.4, 0.5) is 0 Å². The van der Waals surface area contributed by atoms with Crippen LogP contribution in [0.3, 0.4) is 0 Å². The largest absolute Gasteiger partial charge is 2.00 e. The second-order valence-electron chi connectivity index (χ2n) is 18.0. The van der Waals surface area contributed by atoms with Crippen molar-refractivity contribution < 1.29 is 212 Å². The summed E-state index contributed by atoms with van der Waals surface area (Å²) < 4.78 is 106. The normalized spacial score (nSPS) is 11.4. The van der Waals surface area contributed by atoms with Crippen molar-refractivity contribution >= 4 is 88.5 Å². The number of benzene rings is 8. The van der Waals surface area contributed by atoms with Crippen molar-refractivity contribution in [1.82, 2.24) is 39.9 Å². The smallest absolute Gasteiger partial charge is 0.744 e. The van der Waals surface area contributed by atoms with Gasteiger partial charge in [-0.2, -0.15) is 8.67 Å². The summed E-state index contributed by atoms with van der Waals surface area (Å²) in [5.74, 6) is 2.53. The Labute approximate surface area is 613 Å². The van der Waals surface area contributed by atoms with Crippen LogP contribution in [-0.2, 0) is 58.5 Å². The third kappa shape index (κ3) is 15.7. The maximum atomic E-state index is 12.0. The number of fused-ring (bicyclic) bond motifs is 20.